The summed E-state index contributed by atoms with van der Waals surface area (Å²) in [4.78, 5) is 44.6. The van der Waals surface area contributed by atoms with E-state index in [2.05, 4.69) is 29.6 Å². The number of hydrazine groups is 1. The highest BCUT2D eigenvalue weighted by atomic mass is 19.4. The topological polar surface area (TPSA) is 178 Å². The molecule has 3 aromatic rings. The molecule has 0 atom stereocenters. The van der Waals surface area contributed by atoms with Crippen molar-refractivity contribution in [3.63, 3.8) is 0 Å². The number of hydrogen-bond donors (Lipinski definition) is 2. The SMILES string of the molecule is C=C(CCCC)NN(C)C(=O)c1cc(OCCOCCOCCOCCCCOc2ccc(Oc3cncc(C(F)(F)F)c3)cc2)ccc1C=O.C=O.NC=O. The van der Waals surface area contributed by atoms with E-state index in [4.69, 9.17) is 38.0 Å². The molecule has 1 heterocycles. The summed E-state index contributed by atoms with van der Waals surface area (Å²) >= 11 is 0. The fraction of sp³-hybridized carbons (Fsp3) is 0.410. The molecule has 14 nitrogen and oxygen atoms in total. The number of carbonyl (C=O) groups excluding carboxylic acids is 4. The number of halogens is 3. The lowest BCUT2D eigenvalue weighted by atomic mass is 10.1. The van der Waals surface area contributed by atoms with Crippen molar-refractivity contribution in [2.24, 2.45) is 5.73 Å². The Hall–Kier alpha value is -5.52. The Morgan fingerprint density at radius 2 is 1.36 bits per heavy atom. The van der Waals surface area contributed by atoms with E-state index in [9.17, 15) is 22.8 Å². The van der Waals surface area contributed by atoms with E-state index in [-0.39, 0.29) is 35.8 Å². The number of unbranched alkanes of at least 4 members (excludes halogenated alkanes) is 2. The van der Waals surface area contributed by atoms with E-state index in [1.54, 1.807) is 49.5 Å². The number of carbonyl (C=O) groups is 4. The number of nitrogens with zero attached hydrogens (tertiary/aromatic N) is 2. The molecule has 0 spiro atoms. The van der Waals surface area contributed by atoms with Crippen LogP contribution in [0.5, 0.6) is 23.0 Å². The number of allylic oxidation sites excluding steroid dienone is 1. The zero-order valence-corrected chi connectivity index (χ0v) is 31.7. The van der Waals surface area contributed by atoms with Gasteiger partial charge in [0.1, 0.15) is 36.4 Å². The van der Waals surface area contributed by atoms with Gasteiger partial charge in [-0.15, -0.1) is 0 Å². The van der Waals surface area contributed by atoms with Crippen molar-refractivity contribution < 1.29 is 60.8 Å². The van der Waals surface area contributed by atoms with E-state index in [0.717, 1.165) is 50.1 Å². The molecular weight excluding hydrogens is 741 g/mol. The van der Waals surface area contributed by atoms with Crippen LogP contribution in [0.15, 0.2) is 73.2 Å². The second-order valence-electron chi connectivity index (χ2n) is 11.4. The number of aromatic nitrogens is 1. The summed E-state index contributed by atoms with van der Waals surface area (Å²) in [6.07, 6.45) is 2.64. The van der Waals surface area contributed by atoms with Gasteiger partial charge in [-0.2, -0.15) is 13.2 Å². The predicted molar refractivity (Wildman–Crippen MR) is 202 cm³/mol. The first-order valence-corrected chi connectivity index (χ1v) is 17.6. The lowest BCUT2D eigenvalue weighted by molar-refractivity contribution is -0.138. The van der Waals surface area contributed by atoms with Crippen molar-refractivity contribution in [2.45, 2.75) is 45.2 Å². The number of nitrogens with one attached hydrogen (secondary N) is 1. The van der Waals surface area contributed by atoms with Crippen LogP contribution in [0.2, 0.25) is 0 Å². The Kier molecular flexibility index (Phi) is 25.0. The molecule has 0 aliphatic heterocycles. The maximum absolute atomic E-state index is 12.9. The van der Waals surface area contributed by atoms with E-state index >= 15 is 0 Å². The monoisotopic (exact) mass is 792 g/mol. The summed E-state index contributed by atoms with van der Waals surface area (Å²) < 4.78 is 72.1. The van der Waals surface area contributed by atoms with Crippen molar-refractivity contribution in [2.75, 3.05) is 59.9 Å². The van der Waals surface area contributed by atoms with Crippen LogP contribution in [-0.4, -0.2) is 95.3 Å². The van der Waals surface area contributed by atoms with Crippen LogP contribution in [0.25, 0.3) is 0 Å². The van der Waals surface area contributed by atoms with Crippen LogP contribution < -0.4 is 25.4 Å². The smallest absolute Gasteiger partial charge is 0.418 e. The van der Waals surface area contributed by atoms with Gasteiger partial charge in [0.05, 0.1) is 57.0 Å². The third-order valence-electron chi connectivity index (χ3n) is 7.14. The molecule has 0 aliphatic carbocycles. The summed E-state index contributed by atoms with van der Waals surface area (Å²) in [5.74, 6) is 1.04. The van der Waals surface area contributed by atoms with Crippen molar-refractivity contribution in [3.8, 4) is 23.0 Å². The molecule has 2 amide bonds. The van der Waals surface area contributed by atoms with Crippen LogP contribution in [0, 0.1) is 0 Å². The molecular formula is C39H51F3N4O10. The van der Waals surface area contributed by atoms with E-state index in [0.29, 0.717) is 69.8 Å². The number of amides is 2. The third-order valence-corrected chi connectivity index (χ3v) is 7.14. The van der Waals surface area contributed by atoms with Gasteiger partial charge in [-0.3, -0.25) is 24.4 Å². The molecule has 3 N–H and O–H groups in total. The van der Waals surface area contributed by atoms with Crippen LogP contribution in [-0.2, 0) is 30.0 Å². The van der Waals surface area contributed by atoms with Crippen LogP contribution in [0.4, 0.5) is 13.2 Å². The normalized spacial score (nSPS) is 10.4. The number of benzene rings is 2. The van der Waals surface area contributed by atoms with Gasteiger partial charge in [-0.25, -0.2) is 0 Å². The maximum Gasteiger partial charge on any atom is 0.418 e. The van der Waals surface area contributed by atoms with E-state index in [1.807, 2.05) is 6.79 Å². The van der Waals surface area contributed by atoms with E-state index < -0.39 is 11.7 Å². The fourth-order valence-electron chi connectivity index (χ4n) is 4.45. The number of hydrogen-bond acceptors (Lipinski definition) is 12. The van der Waals surface area contributed by atoms with Crippen molar-refractivity contribution in [1.82, 2.24) is 15.4 Å². The molecule has 1 aromatic heterocycles. The summed E-state index contributed by atoms with van der Waals surface area (Å²) in [6.45, 7) is 11.3. The summed E-state index contributed by atoms with van der Waals surface area (Å²) in [7, 11) is 1.58. The quantitative estimate of drug-likeness (QED) is 0.0566. The Balaban J connectivity index is 0.00000298. The van der Waals surface area contributed by atoms with Crippen molar-refractivity contribution >= 4 is 25.4 Å². The molecule has 0 bridgehead atoms. The zero-order valence-electron chi connectivity index (χ0n) is 31.7. The first kappa shape index (κ1) is 48.5. The largest absolute Gasteiger partial charge is 0.494 e. The lowest BCUT2D eigenvalue weighted by Crippen LogP contribution is -2.39. The number of pyridine rings is 1. The average molecular weight is 793 g/mol. The predicted octanol–water partition coefficient (Wildman–Crippen LogP) is 6.19. The fourth-order valence-corrected chi connectivity index (χ4v) is 4.45. The van der Waals surface area contributed by atoms with Crippen LogP contribution in [0.1, 0.15) is 65.3 Å². The highest BCUT2D eigenvalue weighted by molar-refractivity contribution is 6.01. The highest BCUT2D eigenvalue weighted by Crippen LogP contribution is 2.32. The minimum Gasteiger partial charge on any atom is -0.494 e. The number of alkyl halides is 3. The molecule has 0 radical (unpaired) electrons. The second kappa shape index (κ2) is 28.9. The minimum atomic E-state index is -4.49. The summed E-state index contributed by atoms with van der Waals surface area (Å²) in [5, 5.41) is 1.31. The molecule has 0 aliphatic rings. The highest BCUT2D eigenvalue weighted by Gasteiger charge is 2.31. The Morgan fingerprint density at radius 1 is 0.804 bits per heavy atom. The molecule has 0 unspecified atom stereocenters. The minimum absolute atomic E-state index is 0.00705. The second-order valence-corrected chi connectivity index (χ2v) is 11.4. The Bertz CT molecular complexity index is 1580. The van der Waals surface area contributed by atoms with Gasteiger partial charge in [-0.1, -0.05) is 19.9 Å². The van der Waals surface area contributed by atoms with Gasteiger partial charge in [0, 0.05) is 31.1 Å². The van der Waals surface area contributed by atoms with Gasteiger partial charge in [0.2, 0.25) is 6.41 Å². The molecule has 17 heteroatoms. The molecule has 2 aromatic carbocycles. The molecule has 0 saturated carbocycles. The third kappa shape index (κ3) is 20.2. The van der Waals surface area contributed by atoms with Crippen LogP contribution in [0.3, 0.4) is 0 Å². The first-order valence-electron chi connectivity index (χ1n) is 17.6. The van der Waals surface area contributed by atoms with Gasteiger partial charge in [-0.05, 0) is 74.2 Å². The number of nitrogens with two attached hydrogens (primary N) is 1. The van der Waals surface area contributed by atoms with Crippen molar-refractivity contribution in [1.29, 1.82) is 0 Å². The Labute approximate surface area is 325 Å². The summed E-state index contributed by atoms with van der Waals surface area (Å²) in [5.41, 5.74) is 7.46. The molecule has 56 heavy (non-hydrogen) atoms. The average Bonchev–Trinajstić information content (AvgIpc) is 3.19. The zero-order chi connectivity index (χ0) is 41.6. The first-order chi connectivity index (χ1) is 27.0. The van der Waals surface area contributed by atoms with Gasteiger partial charge in [0.15, 0.2) is 6.29 Å². The molecule has 0 fully saturated rings. The molecule has 3 rings (SSSR count). The molecule has 0 saturated heterocycles. The van der Waals surface area contributed by atoms with E-state index in [1.165, 1.54) is 11.2 Å². The number of rotatable bonds is 25. The standard InChI is InChI=1S/C37H46F3N3O8.CH3NO.CH2O/c1-4-5-8-28(2)42-43(3)36(45)35-24-33(10-9-29(35)27-44)50-22-21-48-20-19-47-18-17-46-15-6-7-16-49-31-11-13-32(14-12-31)51-34-23-30(25-41-26-34)37(38,39)40;2-1-3;1-2/h9-14,23-27,42H,2,4-8,15-22H2,1,3H3;1H,(H2,2,3);1H2. The summed E-state index contributed by atoms with van der Waals surface area (Å²) in [6, 6.07) is 12.2. The van der Waals surface area contributed by atoms with Crippen LogP contribution >= 0.6 is 0 Å². The maximum atomic E-state index is 12.9. The van der Waals surface area contributed by atoms with Crippen molar-refractivity contribution in [3.05, 3.63) is 89.9 Å². The number of primary amides is 1. The van der Waals surface area contributed by atoms with Gasteiger partial charge < -0.3 is 44.4 Å². The van der Waals surface area contributed by atoms with Gasteiger partial charge >= 0.3 is 6.18 Å². The molecule has 308 valence electrons. The van der Waals surface area contributed by atoms with Gasteiger partial charge in [0.25, 0.3) is 5.91 Å². The Morgan fingerprint density at radius 3 is 1.96 bits per heavy atom. The number of ether oxygens (including phenoxy) is 6. The number of aldehydes is 1. The lowest BCUT2D eigenvalue weighted by Gasteiger charge is -2.22.